The van der Waals surface area contributed by atoms with E-state index in [1.54, 1.807) is 18.2 Å². The van der Waals surface area contributed by atoms with E-state index in [0.717, 1.165) is 43.1 Å². The van der Waals surface area contributed by atoms with Crippen LogP contribution in [0, 0.1) is 11.8 Å². The molecule has 1 fully saturated rings. The van der Waals surface area contributed by atoms with Gasteiger partial charge in [0.15, 0.2) is 0 Å². The molecule has 0 spiro atoms. The first-order chi connectivity index (χ1) is 15.4. The van der Waals surface area contributed by atoms with Crippen molar-refractivity contribution in [3.8, 4) is 5.75 Å². The van der Waals surface area contributed by atoms with Gasteiger partial charge in [-0.15, -0.1) is 0 Å². The van der Waals surface area contributed by atoms with Crippen LogP contribution in [-0.2, 0) is 13.1 Å². The van der Waals surface area contributed by atoms with Crippen molar-refractivity contribution < 1.29 is 14.3 Å². The number of hydrogen-bond donors (Lipinski definition) is 4. The predicted octanol–water partition coefficient (Wildman–Crippen LogP) is 2.45. The molecular formula is C25H34N4O3. The zero-order chi connectivity index (χ0) is 22.9. The van der Waals surface area contributed by atoms with Gasteiger partial charge in [-0.25, -0.2) is 0 Å². The predicted molar refractivity (Wildman–Crippen MR) is 126 cm³/mol. The Labute approximate surface area is 190 Å². The summed E-state index contributed by atoms with van der Waals surface area (Å²) in [5, 5.41) is 9.86. The molecule has 5 N–H and O–H groups in total. The number of nitrogens with two attached hydrogens (primary N) is 1. The fourth-order valence-electron chi connectivity index (χ4n) is 3.69. The highest BCUT2D eigenvalue weighted by Gasteiger charge is 2.14. The lowest BCUT2D eigenvalue weighted by molar-refractivity contribution is 0.0951. The lowest BCUT2D eigenvalue weighted by atomic mass is 10.1. The number of amides is 2. The van der Waals surface area contributed by atoms with Crippen molar-refractivity contribution in [2.45, 2.75) is 33.4 Å². The van der Waals surface area contributed by atoms with Crippen LogP contribution in [0.25, 0.3) is 0 Å². The zero-order valence-electron chi connectivity index (χ0n) is 18.9. The van der Waals surface area contributed by atoms with Gasteiger partial charge in [0.25, 0.3) is 5.91 Å². The maximum absolute atomic E-state index is 12.6. The number of carbonyl (C=O) groups excluding carboxylic acids is 2. The average Bonchev–Trinajstić information content (AvgIpc) is 3.29. The van der Waals surface area contributed by atoms with Gasteiger partial charge in [-0.1, -0.05) is 26.0 Å². The van der Waals surface area contributed by atoms with Gasteiger partial charge in [0.2, 0.25) is 5.91 Å². The van der Waals surface area contributed by atoms with Crippen molar-refractivity contribution in [1.82, 2.24) is 16.0 Å². The van der Waals surface area contributed by atoms with Crippen LogP contribution in [-0.4, -0.2) is 38.1 Å². The molecule has 1 unspecified atom stereocenters. The molecule has 2 aromatic rings. The van der Waals surface area contributed by atoms with Gasteiger partial charge in [0.1, 0.15) is 5.75 Å². The summed E-state index contributed by atoms with van der Waals surface area (Å²) >= 11 is 0. The van der Waals surface area contributed by atoms with Gasteiger partial charge in [0, 0.05) is 24.2 Å². The molecule has 0 saturated carbocycles. The maximum Gasteiger partial charge on any atom is 0.251 e. The van der Waals surface area contributed by atoms with Crippen LogP contribution in [0.15, 0.2) is 42.5 Å². The maximum atomic E-state index is 12.6. The van der Waals surface area contributed by atoms with E-state index in [1.807, 2.05) is 6.07 Å². The number of ether oxygens (including phenoxy) is 1. The quantitative estimate of drug-likeness (QED) is 0.431. The molecule has 7 nitrogen and oxygen atoms in total. The lowest BCUT2D eigenvalue weighted by Crippen LogP contribution is -2.25. The third-order valence-electron chi connectivity index (χ3n) is 5.40. The molecule has 2 amide bonds. The first kappa shape index (κ1) is 23.8. The highest BCUT2D eigenvalue weighted by atomic mass is 16.5. The van der Waals surface area contributed by atoms with Crippen LogP contribution in [0.1, 0.15) is 52.1 Å². The van der Waals surface area contributed by atoms with Gasteiger partial charge in [-0.2, -0.15) is 0 Å². The summed E-state index contributed by atoms with van der Waals surface area (Å²) in [4.78, 5) is 24.0. The molecule has 1 saturated heterocycles. The fourth-order valence-corrected chi connectivity index (χ4v) is 3.69. The lowest BCUT2D eigenvalue weighted by Gasteiger charge is -2.15. The molecule has 1 aliphatic rings. The van der Waals surface area contributed by atoms with Crippen molar-refractivity contribution in [2.75, 3.05) is 26.2 Å². The first-order valence-corrected chi connectivity index (χ1v) is 11.3. The van der Waals surface area contributed by atoms with Crippen LogP contribution in [0.3, 0.4) is 0 Å². The van der Waals surface area contributed by atoms with Crippen molar-refractivity contribution in [1.29, 1.82) is 0 Å². The van der Waals surface area contributed by atoms with E-state index in [4.69, 9.17) is 10.5 Å². The summed E-state index contributed by atoms with van der Waals surface area (Å²) in [5.41, 5.74) is 8.12. The van der Waals surface area contributed by atoms with E-state index in [9.17, 15) is 9.59 Å². The topological polar surface area (TPSA) is 105 Å². The monoisotopic (exact) mass is 438 g/mol. The molecule has 0 radical (unpaired) electrons. The van der Waals surface area contributed by atoms with Crippen molar-refractivity contribution in [3.05, 3.63) is 64.7 Å². The molecule has 1 heterocycles. The molecule has 0 aromatic heterocycles. The minimum absolute atomic E-state index is 0.255. The van der Waals surface area contributed by atoms with Gasteiger partial charge in [-0.05, 0) is 79.3 Å². The Bertz CT molecular complexity index is 923. The standard InChI is InChI=1S/C25H34N4O3/c1-17(2)16-32-23-9-19(14-28-13-18-6-7-27-12-18)8-20(10-23)15-29-25(31)22-5-3-4-21(11-22)24(26)30/h3-5,8-11,17-18,27-28H,6-7,12-16H2,1-2H3,(H2,26,30)(H,29,31). The number of rotatable bonds is 11. The summed E-state index contributed by atoms with van der Waals surface area (Å²) in [6.07, 6.45) is 1.21. The Hall–Kier alpha value is -2.90. The van der Waals surface area contributed by atoms with E-state index < -0.39 is 5.91 Å². The molecule has 3 rings (SSSR count). The Morgan fingerprint density at radius 2 is 1.88 bits per heavy atom. The van der Waals surface area contributed by atoms with E-state index in [-0.39, 0.29) is 5.91 Å². The minimum atomic E-state index is -0.555. The molecule has 0 bridgehead atoms. The molecule has 7 heteroatoms. The highest BCUT2D eigenvalue weighted by Crippen LogP contribution is 2.19. The summed E-state index contributed by atoms with van der Waals surface area (Å²) < 4.78 is 5.96. The van der Waals surface area contributed by atoms with Gasteiger partial charge >= 0.3 is 0 Å². The van der Waals surface area contributed by atoms with Crippen LogP contribution in [0.2, 0.25) is 0 Å². The first-order valence-electron chi connectivity index (χ1n) is 11.3. The zero-order valence-corrected chi connectivity index (χ0v) is 18.9. The normalized spacial score (nSPS) is 15.7. The van der Waals surface area contributed by atoms with Crippen LogP contribution >= 0.6 is 0 Å². The second-order valence-electron chi connectivity index (χ2n) is 8.81. The molecule has 0 aliphatic carbocycles. The molecule has 1 aliphatic heterocycles. The van der Waals surface area contributed by atoms with E-state index in [0.29, 0.717) is 36.1 Å². The number of primary amides is 1. The molecule has 2 aromatic carbocycles. The number of benzene rings is 2. The Morgan fingerprint density at radius 3 is 2.56 bits per heavy atom. The second-order valence-corrected chi connectivity index (χ2v) is 8.81. The van der Waals surface area contributed by atoms with Crippen molar-refractivity contribution in [3.63, 3.8) is 0 Å². The van der Waals surface area contributed by atoms with Crippen molar-refractivity contribution >= 4 is 11.8 Å². The van der Waals surface area contributed by atoms with Crippen LogP contribution in [0.5, 0.6) is 5.75 Å². The van der Waals surface area contributed by atoms with Crippen LogP contribution < -0.4 is 26.4 Å². The number of carbonyl (C=O) groups is 2. The fraction of sp³-hybridized carbons (Fsp3) is 0.440. The molecular weight excluding hydrogens is 404 g/mol. The average molecular weight is 439 g/mol. The Balaban J connectivity index is 1.64. The van der Waals surface area contributed by atoms with Gasteiger partial charge in [-0.3, -0.25) is 9.59 Å². The van der Waals surface area contributed by atoms with E-state index >= 15 is 0 Å². The minimum Gasteiger partial charge on any atom is -0.493 e. The summed E-state index contributed by atoms with van der Waals surface area (Å²) in [6, 6.07) is 12.5. The van der Waals surface area contributed by atoms with Gasteiger partial charge < -0.3 is 26.4 Å². The number of nitrogens with one attached hydrogen (secondary N) is 3. The van der Waals surface area contributed by atoms with E-state index in [2.05, 4.69) is 41.9 Å². The Morgan fingerprint density at radius 1 is 1.12 bits per heavy atom. The smallest absolute Gasteiger partial charge is 0.251 e. The van der Waals surface area contributed by atoms with Gasteiger partial charge in [0.05, 0.1) is 6.61 Å². The SMILES string of the molecule is CC(C)COc1cc(CNCC2CCNC2)cc(CNC(=O)c2cccc(C(N)=O)c2)c1. The summed E-state index contributed by atoms with van der Waals surface area (Å²) in [5.74, 6) is 1.09. The third-order valence-corrected chi connectivity index (χ3v) is 5.40. The Kier molecular flexibility index (Phi) is 8.64. The second kappa shape index (κ2) is 11.6. The van der Waals surface area contributed by atoms with Crippen LogP contribution in [0.4, 0.5) is 0 Å². The van der Waals surface area contributed by atoms with Crippen molar-refractivity contribution in [2.24, 2.45) is 17.6 Å². The number of hydrogen-bond acceptors (Lipinski definition) is 5. The molecule has 32 heavy (non-hydrogen) atoms. The van der Waals surface area contributed by atoms with E-state index in [1.165, 1.54) is 12.5 Å². The summed E-state index contributed by atoms with van der Waals surface area (Å²) in [6.45, 7) is 9.11. The third kappa shape index (κ3) is 7.35. The summed E-state index contributed by atoms with van der Waals surface area (Å²) in [7, 11) is 0. The largest absolute Gasteiger partial charge is 0.493 e. The molecule has 172 valence electrons. The molecule has 1 atom stereocenters. The highest BCUT2D eigenvalue weighted by molar-refractivity contribution is 5.99.